The molecule has 14 heteroatoms. The van der Waals surface area contributed by atoms with E-state index in [1.807, 2.05) is 36.4 Å². The van der Waals surface area contributed by atoms with Crippen molar-refractivity contribution in [3.8, 4) is 0 Å². The van der Waals surface area contributed by atoms with Crippen LogP contribution in [0.25, 0.3) is 0 Å². The normalized spacial score (nSPS) is 14.1. The predicted octanol–water partition coefficient (Wildman–Crippen LogP) is 7.54. The summed E-state index contributed by atoms with van der Waals surface area (Å²) in [5, 5.41) is 5.32. The molecule has 1 fully saturated rings. The Morgan fingerprint density at radius 3 is 2.04 bits per heavy atom. The van der Waals surface area contributed by atoms with Crippen LogP contribution in [-0.4, -0.2) is 60.9 Å². The second-order valence-corrected chi connectivity index (χ2v) is 14.0. The number of nitrogen functional groups attached to an aromatic ring is 1. The van der Waals surface area contributed by atoms with Crippen LogP contribution in [-0.2, 0) is 32.8 Å². The van der Waals surface area contributed by atoms with Gasteiger partial charge in [0.25, 0.3) is 5.91 Å². The molecule has 5 rings (SSSR count). The van der Waals surface area contributed by atoms with Gasteiger partial charge < -0.3 is 30.2 Å². The summed E-state index contributed by atoms with van der Waals surface area (Å²) in [6, 6.07) is 27.9. The van der Waals surface area contributed by atoms with Crippen molar-refractivity contribution >= 4 is 59.6 Å². The van der Waals surface area contributed by atoms with Crippen LogP contribution >= 0.6 is 12.4 Å². The fourth-order valence-corrected chi connectivity index (χ4v) is 6.05. The lowest BCUT2D eigenvalue weighted by molar-refractivity contribution is 0.0594. The maximum Gasteiger partial charge on any atom is 0.437 e. The Morgan fingerprint density at radius 1 is 0.839 bits per heavy atom. The van der Waals surface area contributed by atoms with Gasteiger partial charge in [-0.05, 0) is 59.2 Å². The number of piperidine rings is 1. The number of nitrogens with zero attached hydrogens (tertiary/aromatic N) is 2. The summed E-state index contributed by atoms with van der Waals surface area (Å²) in [6.45, 7) is 6.36. The van der Waals surface area contributed by atoms with Gasteiger partial charge in [0.05, 0.1) is 29.6 Å². The number of carbonyl (C=O) groups excluding carboxylic acids is 5. The Balaban J connectivity index is 0.00000696. The summed E-state index contributed by atoms with van der Waals surface area (Å²) < 4.78 is 15.8. The quantitative estimate of drug-likeness (QED) is 0.0384. The third-order valence-corrected chi connectivity index (χ3v) is 9.06. The number of anilines is 2. The number of hydrogen-bond donors (Lipinski definition) is 3. The second kappa shape index (κ2) is 19.4. The number of Topliss-reactive ketones (excluding diaryl/α,β-unsaturated/α-hetero) is 1. The zero-order valence-corrected chi connectivity index (χ0v) is 32.5. The van der Waals surface area contributed by atoms with E-state index in [1.54, 1.807) is 53.4 Å². The molecule has 0 spiro atoms. The molecule has 1 atom stereocenters. The summed E-state index contributed by atoms with van der Waals surface area (Å²) in [7, 11) is 1.19. The van der Waals surface area contributed by atoms with Gasteiger partial charge in [-0.15, -0.1) is 17.4 Å². The molecule has 1 heterocycles. The van der Waals surface area contributed by atoms with E-state index < -0.39 is 35.8 Å². The smallest absolute Gasteiger partial charge is 0.437 e. The number of hydrogen-bond acceptors (Lipinski definition) is 9. The molecule has 56 heavy (non-hydrogen) atoms. The van der Waals surface area contributed by atoms with Crippen LogP contribution in [0.4, 0.5) is 21.0 Å². The molecule has 1 aliphatic rings. The minimum Gasteiger partial charge on any atom is -0.465 e. The molecule has 3 amide bonds. The number of nitrogens with one attached hydrogen (secondary N) is 2. The molecule has 294 valence electrons. The molecule has 0 radical (unpaired) electrons. The van der Waals surface area contributed by atoms with Crippen LogP contribution in [0.3, 0.4) is 0 Å². The molecule has 1 aliphatic heterocycles. The highest BCUT2D eigenvalue weighted by Crippen LogP contribution is 2.33. The molecule has 0 aliphatic carbocycles. The SMILES string of the molecule is COC(=O)c1ccc(N)c(NC(=O)c2ccc(C(C)(C)C)cc2)c1C(=O)C1CCCN(C(=NC(=O)OCc2ccccc2)NC(=O)OCc2ccccc2)C1.Cl. The third-order valence-electron chi connectivity index (χ3n) is 9.06. The monoisotopic (exact) mass is 783 g/mol. The van der Waals surface area contributed by atoms with Crippen molar-refractivity contribution in [1.29, 1.82) is 0 Å². The van der Waals surface area contributed by atoms with Crippen molar-refractivity contribution in [2.24, 2.45) is 10.9 Å². The van der Waals surface area contributed by atoms with E-state index >= 15 is 0 Å². The summed E-state index contributed by atoms with van der Waals surface area (Å²) in [5.41, 5.74) is 8.90. The maximum absolute atomic E-state index is 14.5. The standard InChI is InChI=1S/C42H45N5O8.ClH/c1-42(2,3)31-19-17-29(18-20-31)37(49)44-35-33(43)22-21-32(38(50)53-4)34(35)36(48)30-16-11-23-47(24-30)39(45-40(51)54-25-27-12-7-5-8-13-27)46-41(52)55-26-28-14-9-6-10-15-28;/h5-10,12-15,17-22,30H,11,16,23-26,43H2,1-4H3,(H,44,49)(H,45,46,51,52);1H. The molecule has 13 nitrogen and oxygen atoms in total. The summed E-state index contributed by atoms with van der Waals surface area (Å²) in [5.74, 6) is -2.81. The van der Waals surface area contributed by atoms with Gasteiger partial charge in [-0.25, -0.2) is 14.4 Å². The van der Waals surface area contributed by atoms with E-state index in [2.05, 4.69) is 36.4 Å². The Bertz CT molecular complexity index is 2050. The van der Waals surface area contributed by atoms with Crippen LogP contribution < -0.4 is 16.4 Å². The second-order valence-electron chi connectivity index (χ2n) is 14.0. The third kappa shape index (κ3) is 11.2. The number of likely N-dealkylation sites (tertiary alicyclic amines) is 1. The summed E-state index contributed by atoms with van der Waals surface area (Å²) >= 11 is 0. The van der Waals surface area contributed by atoms with E-state index in [9.17, 15) is 24.0 Å². The van der Waals surface area contributed by atoms with Crippen molar-refractivity contribution in [1.82, 2.24) is 10.2 Å². The highest BCUT2D eigenvalue weighted by Gasteiger charge is 2.34. The van der Waals surface area contributed by atoms with Gasteiger partial charge >= 0.3 is 18.2 Å². The first-order valence-electron chi connectivity index (χ1n) is 17.8. The average Bonchev–Trinajstić information content (AvgIpc) is 3.19. The number of ketones is 1. The Hall–Kier alpha value is -6.21. The van der Waals surface area contributed by atoms with E-state index in [-0.39, 0.29) is 66.0 Å². The largest absolute Gasteiger partial charge is 0.465 e. The number of nitrogens with two attached hydrogens (primary N) is 1. The van der Waals surface area contributed by atoms with Gasteiger partial charge in [0, 0.05) is 24.6 Å². The van der Waals surface area contributed by atoms with Crippen molar-refractivity contribution in [2.75, 3.05) is 31.2 Å². The first-order chi connectivity index (χ1) is 26.3. The average molecular weight is 784 g/mol. The summed E-state index contributed by atoms with van der Waals surface area (Å²) in [6.07, 6.45) is -1.04. The van der Waals surface area contributed by atoms with Gasteiger partial charge in [-0.1, -0.05) is 93.6 Å². The molecule has 1 saturated heterocycles. The minimum atomic E-state index is -0.972. The van der Waals surface area contributed by atoms with E-state index in [0.717, 1.165) is 16.7 Å². The fraction of sp³-hybridized carbons (Fsp3) is 0.286. The number of carbonyl (C=O) groups is 5. The lowest BCUT2D eigenvalue weighted by atomic mass is 9.86. The van der Waals surface area contributed by atoms with Crippen LogP contribution in [0.1, 0.15) is 81.4 Å². The van der Waals surface area contributed by atoms with Crippen LogP contribution in [0.5, 0.6) is 0 Å². The highest BCUT2D eigenvalue weighted by atomic mass is 35.5. The topological polar surface area (TPSA) is 179 Å². The number of ether oxygens (including phenoxy) is 3. The number of esters is 1. The van der Waals surface area contributed by atoms with Crippen LogP contribution in [0.2, 0.25) is 0 Å². The predicted molar refractivity (Wildman–Crippen MR) is 215 cm³/mol. The molecule has 4 aromatic carbocycles. The van der Waals surface area contributed by atoms with Gasteiger partial charge in [-0.2, -0.15) is 0 Å². The molecular weight excluding hydrogens is 738 g/mol. The number of guanidine groups is 1. The lowest BCUT2D eigenvalue weighted by Crippen LogP contribution is -2.50. The summed E-state index contributed by atoms with van der Waals surface area (Å²) in [4.78, 5) is 72.8. The molecule has 1 unspecified atom stereocenters. The fourth-order valence-electron chi connectivity index (χ4n) is 6.05. The van der Waals surface area contributed by atoms with Gasteiger partial charge in [0.15, 0.2) is 5.78 Å². The number of amides is 3. The van der Waals surface area contributed by atoms with Gasteiger partial charge in [0.1, 0.15) is 13.2 Å². The zero-order valence-electron chi connectivity index (χ0n) is 31.7. The Kier molecular flexibility index (Phi) is 14.7. The first-order valence-corrected chi connectivity index (χ1v) is 17.8. The van der Waals surface area contributed by atoms with Gasteiger partial charge in [-0.3, -0.25) is 14.9 Å². The minimum absolute atomic E-state index is 0. The molecular formula is C42H46ClN5O8. The molecule has 0 saturated carbocycles. The zero-order chi connectivity index (χ0) is 39.5. The highest BCUT2D eigenvalue weighted by molar-refractivity contribution is 6.17. The number of methoxy groups -OCH3 is 1. The van der Waals surface area contributed by atoms with E-state index in [0.29, 0.717) is 24.9 Å². The lowest BCUT2D eigenvalue weighted by Gasteiger charge is -2.34. The Morgan fingerprint density at radius 2 is 1.45 bits per heavy atom. The Labute approximate surface area is 332 Å². The number of halogens is 1. The maximum atomic E-state index is 14.5. The molecule has 0 bridgehead atoms. The molecule has 4 aromatic rings. The van der Waals surface area contributed by atoms with Crippen molar-refractivity contribution in [3.63, 3.8) is 0 Å². The van der Waals surface area contributed by atoms with Crippen molar-refractivity contribution in [3.05, 3.63) is 130 Å². The molecule has 0 aromatic heterocycles. The van der Waals surface area contributed by atoms with Crippen molar-refractivity contribution < 1.29 is 38.2 Å². The molecule has 4 N–H and O–H groups in total. The van der Waals surface area contributed by atoms with Crippen molar-refractivity contribution in [2.45, 2.75) is 52.2 Å². The van der Waals surface area contributed by atoms with Crippen LogP contribution in [0.15, 0.2) is 102 Å². The number of alkyl carbamates (subject to hydrolysis) is 1. The van der Waals surface area contributed by atoms with Crippen LogP contribution in [0, 0.1) is 5.92 Å². The van der Waals surface area contributed by atoms with E-state index in [4.69, 9.17) is 19.9 Å². The number of rotatable bonds is 9. The van der Waals surface area contributed by atoms with Gasteiger partial charge in [0.2, 0.25) is 5.96 Å². The van der Waals surface area contributed by atoms with E-state index in [1.165, 1.54) is 19.2 Å². The number of benzene rings is 4. The number of aliphatic imine (C=N–C) groups is 1. The first kappa shape index (κ1) is 42.5.